The Balaban J connectivity index is 1.75. The van der Waals surface area contributed by atoms with Gasteiger partial charge < -0.3 is 18.8 Å². The standard InChI is InChI=1S/C34H32FNO4/c1-34(2,21-22-38-3)32-31(40-33(37)25-13-8-5-9-14-25)30-28(36(32)27-19-17-26(35)18-20-27)15-10-16-29(30)39-23-24-11-6-4-7-12-24/h4-20H,21-23H2,1-3H3. The molecule has 0 aliphatic carbocycles. The number of aromatic nitrogens is 1. The highest BCUT2D eigenvalue weighted by atomic mass is 19.1. The van der Waals surface area contributed by atoms with Gasteiger partial charge in [0.15, 0.2) is 5.75 Å². The van der Waals surface area contributed by atoms with Gasteiger partial charge in [-0.2, -0.15) is 0 Å². The molecule has 6 heteroatoms. The zero-order valence-corrected chi connectivity index (χ0v) is 22.9. The Kier molecular flexibility index (Phi) is 7.99. The van der Waals surface area contributed by atoms with Crippen LogP contribution in [-0.4, -0.2) is 24.3 Å². The maximum absolute atomic E-state index is 14.0. The molecule has 0 aliphatic rings. The first-order valence-corrected chi connectivity index (χ1v) is 13.3. The predicted octanol–water partition coefficient (Wildman–Crippen LogP) is 7.88. The van der Waals surface area contributed by atoms with E-state index in [-0.39, 0.29) is 5.82 Å². The molecule has 0 aliphatic heterocycles. The van der Waals surface area contributed by atoms with E-state index in [0.717, 1.165) is 22.5 Å². The summed E-state index contributed by atoms with van der Waals surface area (Å²) < 4.78 is 34.1. The number of halogens is 1. The van der Waals surface area contributed by atoms with Crippen LogP contribution >= 0.6 is 0 Å². The molecule has 0 saturated heterocycles. The van der Waals surface area contributed by atoms with Gasteiger partial charge in [0.1, 0.15) is 18.2 Å². The molecule has 0 atom stereocenters. The Hall–Kier alpha value is -4.42. The summed E-state index contributed by atoms with van der Waals surface area (Å²) in [6.07, 6.45) is 0.650. The van der Waals surface area contributed by atoms with E-state index in [4.69, 9.17) is 14.2 Å². The number of fused-ring (bicyclic) bond motifs is 1. The Morgan fingerprint density at radius 3 is 2.20 bits per heavy atom. The summed E-state index contributed by atoms with van der Waals surface area (Å²) in [5.74, 6) is 0.197. The lowest BCUT2D eigenvalue weighted by Crippen LogP contribution is -2.25. The average Bonchev–Trinajstić information content (AvgIpc) is 3.31. The molecule has 5 nitrogen and oxygen atoms in total. The van der Waals surface area contributed by atoms with E-state index >= 15 is 0 Å². The molecule has 1 aromatic heterocycles. The molecule has 0 saturated carbocycles. The van der Waals surface area contributed by atoms with E-state index in [9.17, 15) is 9.18 Å². The van der Waals surface area contributed by atoms with Crippen molar-refractivity contribution in [3.05, 3.63) is 126 Å². The van der Waals surface area contributed by atoms with Crippen molar-refractivity contribution in [2.75, 3.05) is 13.7 Å². The molecule has 5 rings (SSSR count). The fourth-order valence-electron chi connectivity index (χ4n) is 4.90. The van der Waals surface area contributed by atoms with Crippen LogP contribution in [0.25, 0.3) is 16.6 Å². The molecule has 0 amide bonds. The molecule has 204 valence electrons. The van der Waals surface area contributed by atoms with Crippen LogP contribution in [0.4, 0.5) is 4.39 Å². The zero-order valence-electron chi connectivity index (χ0n) is 22.9. The van der Waals surface area contributed by atoms with Gasteiger partial charge in [-0.1, -0.05) is 68.4 Å². The number of carbonyl (C=O) groups is 1. The molecule has 1 heterocycles. The van der Waals surface area contributed by atoms with E-state index < -0.39 is 11.4 Å². The highest BCUT2D eigenvalue weighted by Gasteiger charge is 2.34. The van der Waals surface area contributed by atoms with Crippen molar-refractivity contribution in [3.63, 3.8) is 0 Å². The number of hydrogen-bond donors (Lipinski definition) is 0. The molecular weight excluding hydrogens is 505 g/mol. The minimum Gasteiger partial charge on any atom is -0.488 e. The molecule has 0 spiro atoms. The third-order valence-corrected chi connectivity index (χ3v) is 7.01. The highest BCUT2D eigenvalue weighted by molar-refractivity contribution is 6.00. The topological polar surface area (TPSA) is 49.7 Å². The summed E-state index contributed by atoms with van der Waals surface area (Å²) in [5.41, 5.74) is 3.25. The smallest absolute Gasteiger partial charge is 0.343 e. The average molecular weight is 538 g/mol. The molecule has 4 aromatic carbocycles. The third kappa shape index (κ3) is 5.63. The van der Waals surface area contributed by atoms with E-state index in [1.54, 1.807) is 43.5 Å². The number of nitrogens with zero attached hydrogens (tertiary/aromatic N) is 1. The summed E-state index contributed by atoms with van der Waals surface area (Å²) >= 11 is 0. The van der Waals surface area contributed by atoms with E-state index in [2.05, 4.69) is 13.8 Å². The first-order chi connectivity index (χ1) is 19.4. The Labute approximate surface area is 233 Å². The zero-order chi connectivity index (χ0) is 28.1. The lowest BCUT2D eigenvalue weighted by atomic mass is 9.85. The molecule has 40 heavy (non-hydrogen) atoms. The van der Waals surface area contributed by atoms with Crippen molar-refractivity contribution < 1.29 is 23.4 Å². The number of ether oxygens (including phenoxy) is 3. The SMILES string of the molecule is COCCC(C)(C)c1c(OC(=O)c2ccccc2)c2c(OCc3ccccc3)cccc2n1-c1ccc(F)cc1. The van der Waals surface area contributed by atoms with Gasteiger partial charge >= 0.3 is 5.97 Å². The Morgan fingerprint density at radius 1 is 0.850 bits per heavy atom. The number of hydrogen-bond acceptors (Lipinski definition) is 4. The monoisotopic (exact) mass is 537 g/mol. The largest absolute Gasteiger partial charge is 0.488 e. The molecule has 0 radical (unpaired) electrons. The van der Waals surface area contributed by atoms with Crippen molar-refractivity contribution >= 4 is 16.9 Å². The van der Waals surface area contributed by atoms with Crippen molar-refractivity contribution in [2.24, 2.45) is 0 Å². The third-order valence-electron chi connectivity index (χ3n) is 7.01. The second-order valence-corrected chi connectivity index (χ2v) is 10.3. The Bertz CT molecular complexity index is 1590. The minimum atomic E-state index is -0.508. The van der Waals surface area contributed by atoms with Crippen LogP contribution in [0.5, 0.6) is 11.5 Å². The van der Waals surface area contributed by atoms with E-state index in [1.165, 1.54) is 12.1 Å². The maximum atomic E-state index is 14.0. The van der Waals surface area contributed by atoms with Crippen LogP contribution in [0.15, 0.2) is 103 Å². The summed E-state index contributed by atoms with van der Waals surface area (Å²) in [4.78, 5) is 13.5. The summed E-state index contributed by atoms with van der Waals surface area (Å²) in [6.45, 7) is 5.02. The maximum Gasteiger partial charge on any atom is 0.343 e. The number of carbonyl (C=O) groups excluding carboxylic acids is 1. The van der Waals surface area contributed by atoms with Crippen LogP contribution in [0.2, 0.25) is 0 Å². The lowest BCUT2D eigenvalue weighted by Gasteiger charge is -2.28. The van der Waals surface area contributed by atoms with Crippen LogP contribution in [0, 0.1) is 5.82 Å². The van der Waals surface area contributed by atoms with Gasteiger partial charge in [0.25, 0.3) is 0 Å². The number of rotatable bonds is 10. The van der Waals surface area contributed by atoms with E-state index in [0.29, 0.717) is 42.1 Å². The van der Waals surface area contributed by atoms with Crippen molar-refractivity contribution in [1.82, 2.24) is 4.57 Å². The van der Waals surface area contributed by atoms with Gasteiger partial charge in [-0.15, -0.1) is 0 Å². The molecule has 0 N–H and O–H groups in total. The summed E-state index contributed by atoms with van der Waals surface area (Å²) in [6, 6.07) is 30.9. The molecular formula is C34H32FNO4. The van der Waals surface area contributed by atoms with Crippen molar-refractivity contribution in [1.29, 1.82) is 0 Å². The van der Waals surface area contributed by atoms with Gasteiger partial charge in [0, 0.05) is 24.8 Å². The predicted molar refractivity (Wildman–Crippen MR) is 155 cm³/mol. The number of methoxy groups -OCH3 is 1. The quantitative estimate of drug-likeness (QED) is 0.170. The van der Waals surface area contributed by atoms with E-state index in [1.807, 2.05) is 59.2 Å². The van der Waals surface area contributed by atoms with Gasteiger partial charge in [-0.05, 0) is 60.5 Å². The normalized spacial score (nSPS) is 11.5. The van der Waals surface area contributed by atoms with Gasteiger partial charge in [-0.25, -0.2) is 9.18 Å². The van der Waals surface area contributed by atoms with Crippen LogP contribution in [0.3, 0.4) is 0 Å². The molecule has 0 bridgehead atoms. The van der Waals surface area contributed by atoms with Gasteiger partial charge in [0.2, 0.25) is 0 Å². The second-order valence-electron chi connectivity index (χ2n) is 10.3. The highest BCUT2D eigenvalue weighted by Crippen LogP contribution is 2.47. The number of esters is 1. The molecule has 5 aromatic rings. The Morgan fingerprint density at radius 2 is 1.52 bits per heavy atom. The first kappa shape index (κ1) is 27.2. The lowest BCUT2D eigenvalue weighted by molar-refractivity contribution is 0.0732. The first-order valence-electron chi connectivity index (χ1n) is 13.3. The van der Waals surface area contributed by atoms with Crippen molar-refractivity contribution in [3.8, 4) is 17.2 Å². The second kappa shape index (κ2) is 11.8. The van der Waals surface area contributed by atoms with Crippen LogP contribution in [-0.2, 0) is 16.8 Å². The van der Waals surface area contributed by atoms with Gasteiger partial charge in [0.05, 0.1) is 22.2 Å². The summed E-state index contributed by atoms with van der Waals surface area (Å²) in [5, 5.41) is 0.674. The van der Waals surface area contributed by atoms with Crippen LogP contribution < -0.4 is 9.47 Å². The van der Waals surface area contributed by atoms with Crippen molar-refractivity contribution in [2.45, 2.75) is 32.3 Å². The minimum absolute atomic E-state index is 0.331. The number of benzene rings is 4. The summed E-state index contributed by atoms with van der Waals surface area (Å²) in [7, 11) is 1.66. The fraction of sp³-hybridized carbons (Fsp3) is 0.206. The fourth-order valence-corrected chi connectivity index (χ4v) is 4.90. The van der Waals surface area contributed by atoms with Crippen LogP contribution in [0.1, 0.15) is 41.9 Å². The van der Waals surface area contributed by atoms with Gasteiger partial charge in [-0.3, -0.25) is 0 Å². The molecule has 0 unspecified atom stereocenters. The molecule has 0 fully saturated rings.